The summed E-state index contributed by atoms with van der Waals surface area (Å²) in [6.07, 6.45) is 0. The minimum atomic E-state index is -0.250. The Bertz CT molecular complexity index is 919. The van der Waals surface area contributed by atoms with E-state index in [1.807, 2.05) is 51.1 Å². The van der Waals surface area contributed by atoms with E-state index in [-0.39, 0.29) is 17.7 Å². The molecule has 1 atom stereocenters. The number of nitrogens with one attached hydrogen (secondary N) is 1. The number of amides is 1. The van der Waals surface area contributed by atoms with Crippen LogP contribution in [0.3, 0.4) is 0 Å². The number of para-hydroxylation sites is 1. The van der Waals surface area contributed by atoms with Crippen molar-refractivity contribution in [2.75, 3.05) is 12.9 Å². The molecule has 1 N–H and O–H groups in total. The van der Waals surface area contributed by atoms with Crippen LogP contribution in [0.25, 0.3) is 11.0 Å². The summed E-state index contributed by atoms with van der Waals surface area (Å²) in [4.78, 5) is 20.9. The fourth-order valence-corrected chi connectivity index (χ4v) is 3.43. The van der Waals surface area contributed by atoms with E-state index in [0.717, 1.165) is 16.8 Å². The van der Waals surface area contributed by atoms with Crippen molar-refractivity contribution in [3.8, 4) is 5.75 Å². The Balaban J connectivity index is 1.64. The van der Waals surface area contributed by atoms with Gasteiger partial charge in [-0.15, -0.1) is 0 Å². The molecule has 0 bridgehead atoms. The predicted molar refractivity (Wildman–Crippen MR) is 102 cm³/mol. The van der Waals surface area contributed by atoms with Crippen LogP contribution >= 0.6 is 11.8 Å². The third-order valence-electron chi connectivity index (χ3n) is 3.85. The van der Waals surface area contributed by atoms with E-state index in [0.29, 0.717) is 22.2 Å². The molecular weight excluding hydrogens is 350 g/mol. The van der Waals surface area contributed by atoms with Crippen LogP contribution in [-0.4, -0.2) is 28.7 Å². The molecule has 7 heteroatoms. The number of hydrogen-bond donors (Lipinski definition) is 1. The molecule has 0 aliphatic rings. The normalized spacial score (nSPS) is 12.2. The van der Waals surface area contributed by atoms with Gasteiger partial charge in [0.25, 0.3) is 0 Å². The number of aryl methyl sites for hydroxylation is 2. The van der Waals surface area contributed by atoms with E-state index in [1.165, 1.54) is 11.8 Å². The number of carbonyl (C=O) groups is 1. The Labute approximate surface area is 156 Å². The van der Waals surface area contributed by atoms with Gasteiger partial charge < -0.3 is 14.5 Å². The van der Waals surface area contributed by atoms with Gasteiger partial charge in [-0.2, -0.15) is 0 Å². The second kappa shape index (κ2) is 7.78. The fourth-order valence-electron chi connectivity index (χ4n) is 2.67. The molecular formula is C19H21N3O3S. The van der Waals surface area contributed by atoms with Gasteiger partial charge in [0.1, 0.15) is 5.76 Å². The molecule has 0 saturated heterocycles. The number of methoxy groups -OCH3 is 1. The van der Waals surface area contributed by atoms with Crippen LogP contribution < -0.4 is 10.1 Å². The lowest BCUT2D eigenvalue weighted by molar-refractivity contribution is -0.119. The maximum Gasteiger partial charge on any atom is 0.231 e. The largest absolute Gasteiger partial charge is 0.493 e. The van der Waals surface area contributed by atoms with E-state index >= 15 is 0 Å². The molecule has 0 fully saturated rings. The highest BCUT2D eigenvalue weighted by atomic mass is 32.2. The first kappa shape index (κ1) is 18.3. The van der Waals surface area contributed by atoms with Crippen LogP contribution in [0.1, 0.15) is 30.1 Å². The van der Waals surface area contributed by atoms with E-state index < -0.39 is 0 Å². The van der Waals surface area contributed by atoms with E-state index in [4.69, 9.17) is 9.15 Å². The van der Waals surface area contributed by atoms with Crippen molar-refractivity contribution in [2.24, 2.45) is 0 Å². The number of benzene rings is 1. The average molecular weight is 371 g/mol. The van der Waals surface area contributed by atoms with Crippen LogP contribution in [0, 0.1) is 13.8 Å². The maximum atomic E-state index is 12.3. The highest BCUT2D eigenvalue weighted by Gasteiger charge is 2.16. The van der Waals surface area contributed by atoms with Crippen molar-refractivity contribution in [2.45, 2.75) is 32.0 Å². The molecule has 0 aliphatic heterocycles. The van der Waals surface area contributed by atoms with Gasteiger partial charge in [0.2, 0.25) is 5.91 Å². The summed E-state index contributed by atoms with van der Waals surface area (Å²) in [6.45, 7) is 5.72. The summed E-state index contributed by atoms with van der Waals surface area (Å²) < 4.78 is 11.2. The van der Waals surface area contributed by atoms with Crippen molar-refractivity contribution < 1.29 is 13.9 Å². The molecule has 2 heterocycles. The van der Waals surface area contributed by atoms with Gasteiger partial charge in [-0.05, 0) is 39.0 Å². The molecule has 6 nitrogen and oxygen atoms in total. The number of rotatable bonds is 6. The number of aromatic nitrogens is 2. The van der Waals surface area contributed by atoms with Crippen LogP contribution in [0.5, 0.6) is 5.75 Å². The van der Waals surface area contributed by atoms with Crippen LogP contribution in [0.4, 0.5) is 0 Å². The molecule has 3 aromatic rings. The Morgan fingerprint density at radius 3 is 2.69 bits per heavy atom. The number of nitrogens with zero attached hydrogens (tertiary/aromatic N) is 2. The molecule has 0 saturated carbocycles. The van der Waals surface area contributed by atoms with Gasteiger partial charge in [0, 0.05) is 16.8 Å². The van der Waals surface area contributed by atoms with Crippen molar-refractivity contribution in [1.82, 2.24) is 15.3 Å². The number of fused-ring (bicyclic) bond motifs is 1. The summed E-state index contributed by atoms with van der Waals surface area (Å²) in [7, 11) is 1.61. The number of furan rings is 1. The van der Waals surface area contributed by atoms with Gasteiger partial charge in [-0.25, -0.2) is 9.97 Å². The number of ether oxygens (including phenoxy) is 1. The Morgan fingerprint density at radius 1 is 1.27 bits per heavy atom. The zero-order valence-corrected chi connectivity index (χ0v) is 16.0. The molecule has 26 heavy (non-hydrogen) atoms. The van der Waals surface area contributed by atoms with Crippen molar-refractivity contribution in [3.05, 3.63) is 47.5 Å². The number of thioether (sulfide) groups is 1. The van der Waals surface area contributed by atoms with Gasteiger partial charge in [0.05, 0.1) is 18.9 Å². The highest BCUT2D eigenvalue weighted by molar-refractivity contribution is 7.99. The van der Waals surface area contributed by atoms with Crippen molar-refractivity contribution >= 4 is 28.6 Å². The zero-order valence-electron chi connectivity index (χ0n) is 15.2. The van der Waals surface area contributed by atoms with Crippen LogP contribution in [0.15, 0.2) is 39.9 Å². The van der Waals surface area contributed by atoms with Crippen LogP contribution in [-0.2, 0) is 4.79 Å². The maximum absolute atomic E-state index is 12.3. The quantitative estimate of drug-likeness (QED) is 0.524. The molecule has 2 aromatic heterocycles. The minimum absolute atomic E-state index is 0.0994. The lowest BCUT2D eigenvalue weighted by atomic mass is 10.2. The van der Waals surface area contributed by atoms with Gasteiger partial charge in [0.15, 0.2) is 16.5 Å². The zero-order chi connectivity index (χ0) is 18.7. The highest BCUT2D eigenvalue weighted by Crippen LogP contribution is 2.30. The monoisotopic (exact) mass is 371 g/mol. The van der Waals surface area contributed by atoms with Gasteiger partial charge in [-0.1, -0.05) is 23.9 Å². The first-order valence-corrected chi connectivity index (χ1v) is 9.25. The summed E-state index contributed by atoms with van der Waals surface area (Å²) in [5.74, 6) is 1.51. The van der Waals surface area contributed by atoms with E-state index in [9.17, 15) is 4.79 Å². The lowest BCUT2D eigenvalue weighted by Gasteiger charge is -2.11. The Morgan fingerprint density at radius 2 is 2.00 bits per heavy atom. The standard InChI is InChI=1S/C19H21N3O3S/c1-11-8-12(2)21-19(20-11)26-10-17(23)22-13(3)16-9-14-6-5-7-15(24-4)18(14)25-16/h5-9,13H,10H2,1-4H3,(H,22,23). The Hall–Kier alpha value is -2.54. The summed E-state index contributed by atoms with van der Waals surface area (Å²) in [6, 6.07) is 9.28. The minimum Gasteiger partial charge on any atom is -0.493 e. The number of hydrogen-bond acceptors (Lipinski definition) is 6. The van der Waals surface area contributed by atoms with E-state index in [2.05, 4.69) is 15.3 Å². The van der Waals surface area contributed by atoms with Crippen molar-refractivity contribution in [1.29, 1.82) is 0 Å². The first-order valence-electron chi connectivity index (χ1n) is 8.27. The smallest absolute Gasteiger partial charge is 0.231 e. The SMILES string of the molecule is COc1cccc2cc(C(C)NC(=O)CSc3nc(C)cc(C)n3)oc12. The Kier molecular flexibility index (Phi) is 5.46. The third-order valence-corrected chi connectivity index (χ3v) is 4.69. The molecule has 0 spiro atoms. The topological polar surface area (TPSA) is 77.2 Å². The van der Waals surface area contributed by atoms with Gasteiger partial charge in [-0.3, -0.25) is 4.79 Å². The number of carbonyl (C=O) groups excluding carboxylic acids is 1. The van der Waals surface area contributed by atoms with Crippen molar-refractivity contribution in [3.63, 3.8) is 0 Å². The molecule has 3 rings (SSSR count). The summed E-state index contributed by atoms with van der Waals surface area (Å²) in [5.41, 5.74) is 2.47. The third kappa shape index (κ3) is 4.16. The van der Waals surface area contributed by atoms with Crippen LogP contribution in [0.2, 0.25) is 0 Å². The first-order chi connectivity index (χ1) is 12.5. The fraction of sp³-hybridized carbons (Fsp3) is 0.316. The molecule has 1 unspecified atom stereocenters. The summed E-state index contributed by atoms with van der Waals surface area (Å²) in [5, 5.41) is 4.50. The molecule has 1 aromatic carbocycles. The molecule has 0 radical (unpaired) electrons. The molecule has 0 aliphatic carbocycles. The van der Waals surface area contributed by atoms with E-state index in [1.54, 1.807) is 7.11 Å². The molecule has 136 valence electrons. The molecule has 1 amide bonds. The average Bonchev–Trinajstić information content (AvgIpc) is 3.03. The lowest BCUT2D eigenvalue weighted by Crippen LogP contribution is -2.28. The summed E-state index contributed by atoms with van der Waals surface area (Å²) >= 11 is 1.32. The predicted octanol–water partition coefficient (Wildman–Crippen LogP) is 3.82. The second-order valence-corrected chi connectivity index (χ2v) is 6.98. The van der Waals surface area contributed by atoms with Gasteiger partial charge >= 0.3 is 0 Å². The second-order valence-electron chi connectivity index (χ2n) is 6.04.